The van der Waals surface area contributed by atoms with E-state index in [1.54, 1.807) is 0 Å². The second-order valence-corrected chi connectivity index (χ2v) is 9.06. The van der Waals surface area contributed by atoms with Gasteiger partial charge in [-0.1, -0.05) is 48.5 Å². The fourth-order valence-electron chi connectivity index (χ4n) is 4.35. The van der Waals surface area contributed by atoms with E-state index in [-0.39, 0.29) is 24.2 Å². The maximum absolute atomic E-state index is 14.2. The molecule has 4 nitrogen and oxygen atoms in total. The Morgan fingerprint density at radius 3 is 2.41 bits per heavy atom. The van der Waals surface area contributed by atoms with E-state index in [0.29, 0.717) is 32.4 Å². The van der Waals surface area contributed by atoms with Crippen LogP contribution >= 0.6 is 0 Å². The zero-order chi connectivity index (χ0) is 26.1. The lowest BCUT2D eigenvalue weighted by molar-refractivity contribution is -0.137. The van der Waals surface area contributed by atoms with Crippen molar-refractivity contribution < 1.29 is 31.8 Å². The average Bonchev–Trinajstić information content (AvgIpc) is 2.90. The van der Waals surface area contributed by atoms with Crippen LogP contribution in [0.3, 0.4) is 0 Å². The largest absolute Gasteiger partial charge is 0.494 e. The molecule has 1 heterocycles. The standard InChI is InChI=1S/C29H31F4NO3/c30-27-17-24(29(31,32)33)10-7-23(27)20-37-28-18-34-14-13-26(28)22-8-11-25(12-9-22)36-16-4-15-35-19-21-5-2-1-3-6-21/h1-3,5-12,17,26,28,34H,4,13-16,18-20H2. The van der Waals surface area contributed by atoms with E-state index in [2.05, 4.69) is 5.32 Å². The van der Waals surface area contributed by atoms with Gasteiger partial charge < -0.3 is 19.5 Å². The minimum absolute atomic E-state index is 0.0826. The maximum Gasteiger partial charge on any atom is 0.416 e. The highest BCUT2D eigenvalue weighted by Crippen LogP contribution is 2.32. The number of benzene rings is 3. The quantitative estimate of drug-likeness (QED) is 0.233. The molecule has 0 spiro atoms. The van der Waals surface area contributed by atoms with Crippen LogP contribution in [0.2, 0.25) is 0 Å². The third-order valence-electron chi connectivity index (χ3n) is 6.38. The average molecular weight is 518 g/mol. The minimum Gasteiger partial charge on any atom is -0.494 e. The lowest BCUT2D eigenvalue weighted by atomic mass is 9.87. The monoisotopic (exact) mass is 517 g/mol. The van der Waals surface area contributed by atoms with E-state index in [4.69, 9.17) is 14.2 Å². The Kier molecular flexibility index (Phi) is 9.55. The van der Waals surface area contributed by atoms with Crippen molar-refractivity contribution in [2.75, 3.05) is 26.3 Å². The van der Waals surface area contributed by atoms with Crippen LogP contribution in [-0.4, -0.2) is 32.4 Å². The van der Waals surface area contributed by atoms with Crippen LogP contribution in [0.15, 0.2) is 72.8 Å². The third-order valence-corrected chi connectivity index (χ3v) is 6.38. The zero-order valence-electron chi connectivity index (χ0n) is 20.5. The summed E-state index contributed by atoms with van der Waals surface area (Å²) < 4.78 is 70.1. The van der Waals surface area contributed by atoms with Crippen molar-refractivity contribution in [2.24, 2.45) is 0 Å². The molecule has 4 rings (SSSR count). The van der Waals surface area contributed by atoms with E-state index in [0.717, 1.165) is 48.4 Å². The van der Waals surface area contributed by atoms with Crippen LogP contribution in [0.4, 0.5) is 17.6 Å². The van der Waals surface area contributed by atoms with Gasteiger partial charge in [0.25, 0.3) is 0 Å². The molecule has 8 heteroatoms. The Hall–Kier alpha value is -2.94. The normalized spacial score (nSPS) is 18.1. The van der Waals surface area contributed by atoms with E-state index in [9.17, 15) is 17.6 Å². The van der Waals surface area contributed by atoms with Gasteiger partial charge in [0.2, 0.25) is 0 Å². The van der Waals surface area contributed by atoms with Gasteiger partial charge in [0.15, 0.2) is 0 Å². The molecule has 0 aliphatic carbocycles. The SMILES string of the molecule is Fc1cc(C(F)(F)F)ccc1COC1CNCCC1c1ccc(OCCCOCc2ccccc2)cc1. The van der Waals surface area contributed by atoms with Crippen molar-refractivity contribution in [3.8, 4) is 5.75 Å². The molecule has 1 N–H and O–H groups in total. The molecule has 3 aromatic rings. The van der Waals surface area contributed by atoms with Crippen molar-refractivity contribution in [2.45, 2.75) is 44.3 Å². The summed E-state index contributed by atoms with van der Waals surface area (Å²) >= 11 is 0. The zero-order valence-corrected chi connectivity index (χ0v) is 20.5. The van der Waals surface area contributed by atoms with Crippen molar-refractivity contribution in [3.05, 3.63) is 101 Å². The van der Waals surface area contributed by atoms with Gasteiger partial charge in [-0.3, -0.25) is 0 Å². The fraction of sp³-hybridized carbons (Fsp3) is 0.379. The Bertz CT molecular complexity index is 1110. The first kappa shape index (κ1) is 27.1. The minimum atomic E-state index is -4.58. The summed E-state index contributed by atoms with van der Waals surface area (Å²) in [5.74, 6) is -0.0636. The van der Waals surface area contributed by atoms with Gasteiger partial charge in [-0.25, -0.2) is 4.39 Å². The number of nitrogens with one attached hydrogen (secondary N) is 1. The lowest BCUT2D eigenvalue weighted by Gasteiger charge is -2.32. The molecular weight excluding hydrogens is 486 g/mol. The summed E-state index contributed by atoms with van der Waals surface area (Å²) in [5.41, 5.74) is 1.32. The summed E-state index contributed by atoms with van der Waals surface area (Å²) in [6.45, 7) is 3.04. The van der Waals surface area contributed by atoms with E-state index >= 15 is 0 Å². The number of ether oxygens (including phenoxy) is 3. The highest BCUT2D eigenvalue weighted by Gasteiger charge is 2.31. The Morgan fingerprint density at radius 1 is 0.892 bits per heavy atom. The predicted molar refractivity (Wildman–Crippen MR) is 133 cm³/mol. The number of alkyl halides is 3. The predicted octanol–water partition coefficient (Wildman–Crippen LogP) is 6.49. The van der Waals surface area contributed by atoms with Gasteiger partial charge in [-0.05, 0) is 48.4 Å². The van der Waals surface area contributed by atoms with Crippen LogP contribution < -0.4 is 10.1 Å². The number of halogens is 4. The van der Waals surface area contributed by atoms with E-state index in [1.807, 2.05) is 54.6 Å². The number of hydrogen-bond acceptors (Lipinski definition) is 4. The molecule has 3 aromatic carbocycles. The van der Waals surface area contributed by atoms with Gasteiger partial charge in [0.05, 0.1) is 38.1 Å². The maximum atomic E-state index is 14.2. The molecule has 1 aliphatic heterocycles. The molecule has 2 atom stereocenters. The number of piperidine rings is 1. The van der Waals surface area contributed by atoms with Crippen molar-refractivity contribution in [3.63, 3.8) is 0 Å². The molecule has 0 bridgehead atoms. The molecule has 0 aromatic heterocycles. The van der Waals surface area contributed by atoms with E-state index < -0.39 is 17.6 Å². The van der Waals surface area contributed by atoms with Crippen molar-refractivity contribution in [1.29, 1.82) is 0 Å². The molecule has 2 unspecified atom stereocenters. The summed E-state index contributed by atoms with van der Waals surface area (Å²) in [6, 6.07) is 20.4. The molecule has 0 amide bonds. The van der Waals surface area contributed by atoms with Crippen LogP contribution in [0.25, 0.3) is 0 Å². The summed E-state index contributed by atoms with van der Waals surface area (Å²) in [5, 5.41) is 3.28. The Balaban J connectivity index is 1.24. The fourth-order valence-corrected chi connectivity index (χ4v) is 4.35. The molecule has 0 saturated carbocycles. The van der Waals surface area contributed by atoms with Gasteiger partial charge in [0, 0.05) is 24.4 Å². The van der Waals surface area contributed by atoms with Crippen molar-refractivity contribution in [1.82, 2.24) is 5.32 Å². The number of hydrogen-bond donors (Lipinski definition) is 1. The van der Waals surface area contributed by atoms with Crippen LogP contribution in [0.1, 0.15) is 41.0 Å². The molecule has 1 saturated heterocycles. The van der Waals surface area contributed by atoms with E-state index in [1.165, 1.54) is 0 Å². The molecule has 1 aliphatic rings. The van der Waals surface area contributed by atoms with Gasteiger partial charge in [0.1, 0.15) is 11.6 Å². The molecule has 0 radical (unpaired) electrons. The molecular formula is C29H31F4NO3. The van der Waals surface area contributed by atoms with Crippen LogP contribution in [-0.2, 0) is 28.9 Å². The second kappa shape index (κ2) is 13.0. The highest BCUT2D eigenvalue weighted by atomic mass is 19.4. The Labute approximate surface area is 214 Å². The third kappa shape index (κ3) is 8.02. The second-order valence-electron chi connectivity index (χ2n) is 9.06. The van der Waals surface area contributed by atoms with Gasteiger partial charge >= 0.3 is 6.18 Å². The smallest absolute Gasteiger partial charge is 0.416 e. The molecule has 198 valence electrons. The Morgan fingerprint density at radius 2 is 1.68 bits per heavy atom. The van der Waals surface area contributed by atoms with Crippen molar-refractivity contribution >= 4 is 0 Å². The topological polar surface area (TPSA) is 39.7 Å². The first-order chi connectivity index (χ1) is 17.9. The first-order valence-corrected chi connectivity index (χ1v) is 12.4. The highest BCUT2D eigenvalue weighted by molar-refractivity contribution is 5.31. The van der Waals surface area contributed by atoms with Gasteiger partial charge in [-0.15, -0.1) is 0 Å². The summed E-state index contributed by atoms with van der Waals surface area (Å²) in [4.78, 5) is 0. The summed E-state index contributed by atoms with van der Waals surface area (Å²) in [7, 11) is 0. The number of rotatable bonds is 11. The molecule has 37 heavy (non-hydrogen) atoms. The summed E-state index contributed by atoms with van der Waals surface area (Å²) in [6.07, 6.45) is -3.20. The first-order valence-electron chi connectivity index (χ1n) is 12.4. The lowest BCUT2D eigenvalue weighted by Crippen LogP contribution is -2.41. The van der Waals surface area contributed by atoms with Crippen LogP contribution in [0, 0.1) is 5.82 Å². The molecule has 1 fully saturated rings. The van der Waals surface area contributed by atoms with Crippen LogP contribution in [0.5, 0.6) is 5.75 Å². The van der Waals surface area contributed by atoms with Gasteiger partial charge in [-0.2, -0.15) is 13.2 Å².